The molecule has 0 aromatic carbocycles. The smallest absolute Gasteiger partial charge is 0.247 e. The number of fused-ring (bicyclic) bond motifs is 3. The Hall–Kier alpha value is -5.24. The Kier molecular flexibility index (Phi) is 25.7. The zero-order valence-electron chi connectivity index (χ0n) is 55.4. The van der Waals surface area contributed by atoms with Gasteiger partial charge < -0.3 is 63.0 Å². The molecule has 0 radical (unpaired) electrons. The van der Waals surface area contributed by atoms with E-state index in [4.69, 9.17) is 82.8 Å². The van der Waals surface area contributed by atoms with E-state index in [0.717, 1.165) is 197 Å². The van der Waals surface area contributed by atoms with Crippen LogP contribution in [0.4, 0.5) is 17.1 Å². The number of hydrogen-bond acceptors (Lipinski definition) is 17. The van der Waals surface area contributed by atoms with Crippen LogP contribution in [0.25, 0.3) is 49.4 Å². The van der Waals surface area contributed by atoms with Crippen molar-refractivity contribution in [2.45, 2.75) is 128 Å². The fourth-order valence-electron chi connectivity index (χ4n) is 11.4. The second-order valence-electron chi connectivity index (χ2n) is 25.5. The van der Waals surface area contributed by atoms with Crippen LogP contribution in [0.2, 0.25) is 61.4 Å². The zero-order chi connectivity index (χ0) is 66.6. The number of rotatable bonds is 21. The van der Waals surface area contributed by atoms with Crippen molar-refractivity contribution in [3.8, 4) is 39.9 Å². The van der Waals surface area contributed by atoms with Gasteiger partial charge in [0.1, 0.15) is 24.8 Å². The van der Waals surface area contributed by atoms with Crippen LogP contribution in [0.1, 0.15) is 67.9 Å². The number of methoxy groups -OCH3 is 3. The second-order valence-corrected chi connectivity index (χ2v) is 39.6. The van der Waals surface area contributed by atoms with E-state index in [9.17, 15) is 0 Å². The highest BCUT2D eigenvalue weighted by Crippen LogP contribution is 2.45. The molecule has 0 amide bonds. The first kappa shape index (κ1) is 72.0. The first-order chi connectivity index (χ1) is 44.7. The van der Waals surface area contributed by atoms with Gasteiger partial charge in [-0.25, -0.2) is 9.97 Å². The Labute approximate surface area is 579 Å². The normalized spacial score (nSPS) is 15.6. The molecule has 0 saturated carbocycles. The summed E-state index contributed by atoms with van der Waals surface area (Å²) in [6.45, 7) is 21.2. The maximum absolute atomic E-state index is 6.69. The van der Waals surface area contributed by atoms with Crippen molar-refractivity contribution in [2.75, 3.05) is 111 Å². The summed E-state index contributed by atoms with van der Waals surface area (Å²) in [5, 5.41) is 27.3. The minimum atomic E-state index is -1.14. The summed E-state index contributed by atoms with van der Waals surface area (Å²) < 4.78 is 56.0. The number of pyridine rings is 3. The maximum atomic E-state index is 6.69. The number of ether oxygens (including phenoxy) is 8. The summed E-state index contributed by atoms with van der Waals surface area (Å²) in [4.78, 5) is 13.8. The lowest BCUT2D eigenvalue weighted by molar-refractivity contribution is 0.0658. The summed E-state index contributed by atoms with van der Waals surface area (Å²) in [5.41, 5.74) is 10.1. The lowest BCUT2D eigenvalue weighted by atomic mass is 10.0. The van der Waals surface area contributed by atoms with E-state index in [1.807, 2.05) is 93.8 Å². The minimum absolute atomic E-state index is 0.300. The summed E-state index contributed by atoms with van der Waals surface area (Å²) >= 11 is 26.3. The highest BCUT2D eigenvalue weighted by molar-refractivity contribution is 9.11. The highest BCUT2D eigenvalue weighted by atomic mass is 79.9. The fourth-order valence-corrected chi connectivity index (χ4v) is 14.8. The Morgan fingerprint density at radius 1 is 0.516 bits per heavy atom. The monoisotopic (exact) mass is 1500 g/mol. The van der Waals surface area contributed by atoms with Crippen molar-refractivity contribution >= 4 is 127 Å². The predicted octanol–water partition coefficient (Wildman–Crippen LogP) is 15.6. The topological polar surface area (TPSA) is 212 Å². The predicted molar refractivity (Wildman–Crippen MR) is 385 cm³/mol. The average Bonchev–Trinajstić information content (AvgIpc) is 1.70. The van der Waals surface area contributed by atoms with E-state index in [2.05, 4.69) is 107 Å². The van der Waals surface area contributed by atoms with Crippen molar-refractivity contribution in [1.82, 2.24) is 53.4 Å². The number of nitrogens with zero attached hydrogens (tertiary/aromatic N) is 11. The molecule has 506 valence electrons. The van der Waals surface area contributed by atoms with Crippen molar-refractivity contribution in [1.29, 1.82) is 0 Å². The maximum Gasteiger partial charge on any atom is 0.247 e. The molecule has 8 aromatic rings. The van der Waals surface area contributed by atoms with Crippen molar-refractivity contribution in [3.05, 3.63) is 85.9 Å². The molecule has 3 fully saturated rings. The quantitative estimate of drug-likeness (QED) is 0.0451. The third-order valence-electron chi connectivity index (χ3n) is 16.6. The van der Waals surface area contributed by atoms with Crippen LogP contribution in [-0.2, 0) is 43.6 Å². The van der Waals surface area contributed by atoms with Gasteiger partial charge in [-0.1, -0.05) is 80.2 Å². The van der Waals surface area contributed by atoms with E-state index in [1.165, 1.54) is 0 Å². The van der Waals surface area contributed by atoms with Crippen LogP contribution in [0.15, 0.2) is 64.6 Å². The molecule has 11 heterocycles. The van der Waals surface area contributed by atoms with Crippen LogP contribution < -0.4 is 30.2 Å². The van der Waals surface area contributed by atoms with E-state index >= 15 is 0 Å². The summed E-state index contributed by atoms with van der Waals surface area (Å²) in [6.07, 6.45) is 23.9. The number of allylic oxidation sites excluding steroid dienone is 1. The largest absolute Gasteiger partial charge is 0.479 e. The summed E-state index contributed by atoms with van der Waals surface area (Å²) in [6, 6.07) is 3.36. The minimum Gasteiger partial charge on any atom is -0.479 e. The third kappa shape index (κ3) is 17.9. The highest BCUT2D eigenvalue weighted by Gasteiger charge is 2.28. The molecule has 3 N–H and O–H groups in total. The van der Waals surface area contributed by atoms with Crippen LogP contribution in [-0.4, -0.2) is 165 Å². The van der Waals surface area contributed by atoms with Crippen LogP contribution >= 0.6 is 66.7 Å². The number of hydrogen-bond donors (Lipinski definition) is 3. The lowest BCUT2D eigenvalue weighted by Gasteiger charge is -2.22. The third-order valence-corrected chi connectivity index (χ3v) is 22.1. The van der Waals surface area contributed by atoms with Crippen molar-refractivity contribution < 1.29 is 37.9 Å². The molecule has 0 unspecified atom stereocenters. The SMILES string of the molecule is CNc1c(-c2cn(C3CCOCC3)nc2OC)cnc2c1C(Cl)=CC2.CNc1c(-c2cn(C3CCOCC3)nc2OC)cnc2c1c(Cl)cn2COCC[Si](C)(C)C.CNc1c(Br)cnc2c1c(Cl)cn2COCC[Si](C)(C)C.COc1nn(C2CCOCC2)cc1Br. The Morgan fingerprint density at radius 2 is 0.925 bits per heavy atom. The Bertz CT molecular complexity index is 3810. The van der Waals surface area contributed by atoms with Crippen LogP contribution in [0, 0.1) is 0 Å². The van der Waals surface area contributed by atoms with Gasteiger partial charge in [-0.3, -0.25) is 19.0 Å². The first-order valence-electron chi connectivity index (χ1n) is 31.5. The molecule has 8 aromatic heterocycles. The average molecular weight is 1500 g/mol. The fraction of sp³-hybridized carbons (Fsp3) is 0.531. The van der Waals surface area contributed by atoms with Crippen LogP contribution in [0.3, 0.4) is 0 Å². The summed E-state index contributed by atoms with van der Waals surface area (Å²) in [7, 11) is 8.39. The van der Waals surface area contributed by atoms with E-state index < -0.39 is 16.1 Å². The molecule has 12 rings (SSSR count). The van der Waals surface area contributed by atoms with Gasteiger partial charge in [-0.05, 0) is 82.5 Å². The second kappa shape index (κ2) is 33.1. The Morgan fingerprint density at radius 3 is 1.35 bits per heavy atom. The summed E-state index contributed by atoms with van der Waals surface area (Å²) in [5.74, 6) is 1.82. The zero-order valence-corrected chi connectivity index (χ0v) is 62.9. The molecular formula is C64H89Br2Cl3N14O8Si2. The van der Waals surface area contributed by atoms with Crippen LogP contribution in [0.5, 0.6) is 17.6 Å². The molecular weight excluding hydrogens is 1420 g/mol. The number of halogens is 5. The molecule has 93 heavy (non-hydrogen) atoms. The number of anilines is 3. The standard InChI is InChI=1S/C23H34ClN5O3Si.C18H21ClN4O2.C14H21BrClN3OSi.C9H13BrN2O2/c1-25-21-17(18-13-29(27-23(18)30-2)16-6-8-31-9-7-16)12-26-22-20(21)19(24)14-28(22)15-32-10-11-33(3,4)5;1-20-17-12(9-21-15-4-3-14(19)16(15)17)13-10-23(22-18(13)24-2)11-5-7-25-8-6-11;1-17-13-10(15)7-18-14-12(13)11(16)8-19(14)9-20-5-6-21(2,3)4;1-13-9-8(10)6-12(11-9)7-2-4-14-5-3-7/h12-14,16H,6-11,15H2,1-5H3,(H,25,26);3,9-11H,4-8H2,1-2H3,(H,20,21);7-8H,5-6,9H2,1-4H3,(H,17,18);6-7H,2-5H2,1H3. The van der Waals surface area contributed by atoms with E-state index in [1.54, 1.807) is 27.5 Å². The van der Waals surface area contributed by atoms with Gasteiger partial charge in [0, 0.05) is 168 Å². The van der Waals surface area contributed by atoms with Gasteiger partial charge in [0.2, 0.25) is 17.6 Å². The first-order valence-corrected chi connectivity index (χ1v) is 41.7. The molecule has 1 aliphatic carbocycles. The van der Waals surface area contributed by atoms with Crippen molar-refractivity contribution in [2.24, 2.45) is 0 Å². The van der Waals surface area contributed by atoms with Gasteiger partial charge in [0.15, 0.2) is 0 Å². The number of aromatic nitrogens is 11. The van der Waals surface area contributed by atoms with Gasteiger partial charge in [0.25, 0.3) is 0 Å². The lowest BCUT2D eigenvalue weighted by Crippen LogP contribution is -2.22. The van der Waals surface area contributed by atoms with Gasteiger partial charge in [-0.2, -0.15) is 0 Å². The van der Waals surface area contributed by atoms with Gasteiger partial charge in [0.05, 0.1) is 103 Å². The van der Waals surface area contributed by atoms with E-state index in [0.29, 0.717) is 59.3 Å². The van der Waals surface area contributed by atoms with Crippen molar-refractivity contribution in [3.63, 3.8) is 0 Å². The Balaban J connectivity index is 0.000000152. The molecule has 0 bridgehead atoms. The molecule has 22 nitrogen and oxygen atoms in total. The van der Waals surface area contributed by atoms with E-state index in [-0.39, 0.29) is 0 Å². The molecule has 29 heteroatoms. The van der Waals surface area contributed by atoms with Gasteiger partial charge in [-0.15, -0.1) is 15.3 Å². The van der Waals surface area contributed by atoms with Gasteiger partial charge >= 0.3 is 0 Å². The molecule has 0 atom stereocenters. The molecule has 3 aliphatic heterocycles. The molecule has 4 aliphatic rings. The number of nitrogens with one attached hydrogen (secondary N) is 3. The molecule has 0 spiro atoms. The molecule has 3 saturated heterocycles.